The molecule has 2 rings (SSSR count). The van der Waals surface area contributed by atoms with Crippen molar-refractivity contribution >= 4 is 17.5 Å². The minimum atomic E-state index is -0.317. The Kier molecular flexibility index (Phi) is 7.91. The van der Waals surface area contributed by atoms with E-state index in [-0.39, 0.29) is 35.0 Å². The maximum atomic E-state index is 12.9. The molecule has 0 bridgehead atoms. The van der Waals surface area contributed by atoms with Gasteiger partial charge in [-0.1, -0.05) is 52.0 Å². The zero-order chi connectivity index (χ0) is 21.6. The molecule has 2 aromatic rings. The zero-order valence-electron chi connectivity index (χ0n) is 18.2. The van der Waals surface area contributed by atoms with Gasteiger partial charge in [0.1, 0.15) is 11.4 Å². The van der Waals surface area contributed by atoms with E-state index in [1.807, 2.05) is 37.2 Å². The summed E-state index contributed by atoms with van der Waals surface area (Å²) >= 11 is 0. The molecule has 0 radical (unpaired) electrons. The van der Waals surface area contributed by atoms with Crippen LogP contribution in [-0.2, 0) is 0 Å². The van der Waals surface area contributed by atoms with Crippen LogP contribution in [0, 0.1) is 0 Å². The molecule has 1 heterocycles. The Bertz CT molecular complexity index is 833. The number of rotatable bonds is 8. The third-order valence-electron chi connectivity index (χ3n) is 4.67. The van der Waals surface area contributed by atoms with E-state index in [1.165, 1.54) is 0 Å². The SMILES string of the molecule is CC(C)c1cccc(C(C)C)c1NC(=O)c1cccc(C(=O)NCCN(C)C)n1. The maximum absolute atomic E-state index is 12.9. The van der Waals surface area contributed by atoms with Crippen molar-refractivity contribution in [1.29, 1.82) is 0 Å². The quantitative estimate of drug-likeness (QED) is 0.710. The molecule has 156 valence electrons. The first-order chi connectivity index (χ1) is 13.7. The summed E-state index contributed by atoms with van der Waals surface area (Å²) < 4.78 is 0. The summed E-state index contributed by atoms with van der Waals surface area (Å²) in [6.07, 6.45) is 0. The molecule has 6 heteroatoms. The van der Waals surface area contributed by atoms with Crippen LogP contribution in [0.25, 0.3) is 0 Å². The van der Waals surface area contributed by atoms with E-state index >= 15 is 0 Å². The Morgan fingerprint density at radius 1 is 0.897 bits per heavy atom. The normalized spacial score (nSPS) is 11.2. The molecule has 1 aromatic carbocycles. The van der Waals surface area contributed by atoms with Crippen molar-refractivity contribution in [2.75, 3.05) is 32.5 Å². The molecule has 6 nitrogen and oxygen atoms in total. The summed E-state index contributed by atoms with van der Waals surface area (Å²) in [6.45, 7) is 9.66. The molecule has 1 aromatic heterocycles. The van der Waals surface area contributed by atoms with Gasteiger partial charge in [-0.25, -0.2) is 4.98 Å². The number of carbonyl (C=O) groups excluding carboxylic acids is 2. The third kappa shape index (κ3) is 6.12. The molecular formula is C23H32N4O2. The van der Waals surface area contributed by atoms with Gasteiger partial charge in [0, 0.05) is 18.8 Å². The first-order valence-electron chi connectivity index (χ1n) is 10.0. The predicted octanol–water partition coefficient (Wildman–Crippen LogP) is 3.87. The van der Waals surface area contributed by atoms with Gasteiger partial charge in [0.15, 0.2) is 0 Å². The fraction of sp³-hybridized carbons (Fsp3) is 0.435. The van der Waals surface area contributed by atoms with E-state index in [4.69, 9.17) is 0 Å². The number of aromatic nitrogens is 1. The van der Waals surface area contributed by atoms with Gasteiger partial charge >= 0.3 is 0 Å². The monoisotopic (exact) mass is 396 g/mol. The molecule has 0 saturated carbocycles. The second kappa shape index (κ2) is 10.2. The molecule has 0 aliphatic rings. The Balaban J connectivity index is 2.23. The number of hydrogen-bond donors (Lipinski definition) is 2. The van der Waals surface area contributed by atoms with Crippen LogP contribution in [0.15, 0.2) is 36.4 Å². The van der Waals surface area contributed by atoms with E-state index in [1.54, 1.807) is 18.2 Å². The van der Waals surface area contributed by atoms with Crippen LogP contribution in [-0.4, -0.2) is 48.9 Å². The number of anilines is 1. The highest BCUT2D eigenvalue weighted by Crippen LogP contribution is 2.32. The van der Waals surface area contributed by atoms with E-state index in [0.29, 0.717) is 6.54 Å². The number of likely N-dealkylation sites (N-methyl/N-ethyl adjacent to an activating group) is 1. The van der Waals surface area contributed by atoms with Crippen LogP contribution in [0.3, 0.4) is 0 Å². The van der Waals surface area contributed by atoms with Crippen molar-refractivity contribution in [3.63, 3.8) is 0 Å². The average Bonchev–Trinajstić information content (AvgIpc) is 2.67. The standard InChI is InChI=1S/C23H32N4O2/c1-15(2)17-9-7-10-18(16(3)4)21(17)26-23(29)20-12-8-11-19(25-20)22(28)24-13-14-27(5)6/h7-12,15-16H,13-14H2,1-6H3,(H,24,28)(H,26,29). The molecule has 0 fully saturated rings. The minimum absolute atomic E-state index is 0.221. The highest BCUT2D eigenvalue weighted by molar-refractivity contribution is 6.04. The van der Waals surface area contributed by atoms with E-state index in [2.05, 4.69) is 43.3 Å². The summed E-state index contributed by atoms with van der Waals surface area (Å²) in [6, 6.07) is 11.0. The van der Waals surface area contributed by atoms with Crippen molar-refractivity contribution in [2.24, 2.45) is 0 Å². The Morgan fingerprint density at radius 3 is 1.93 bits per heavy atom. The number of nitrogens with zero attached hydrogens (tertiary/aromatic N) is 2. The molecule has 0 saturated heterocycles. The Labute approximate surface area is 173 Å². The molecule has 0 aliphatic carbocycles. The van der Waals surface area contributed by atoms with Crippen LogP contribution in [0.5, 0.6) is 0 Å². The van der Waals surface area contributed by atoms with E-state index < -0.39 is 0 Å². The zero-order valence-corrected chi connectivity index (χ0v) is 18.2. The summed E-state index contributed by atoms with van der Waals surface area (Å²) in [5, 5.41) is 5.86. The molecular weight excluding hydrogens is 364 g/mol. The second-order valence-electron chi connectivity index (χ2n) is 8.04. The number of amides is 2. The molecule has 0 aliphatic heterocycles. The number of para-hydroxylation sites is 1. The predicted molar refractivity (Wildman–Crippen MR) is 118 cm³/mol. The number of carbonyl (C=O) groups is 2. The fourth-order valence-electron chi connectivity index (χ4n) is 3.04. The molecule has 29 heavy (non-hydrogen) atoms. The van der Waals surface area contributed by atoms with Crippen molar-refractivity contribution in [2.45, 2.75) is 39.5 Å². The summed E-state index contributed by atoms with van der Waals surface area (Å²) in [5.74, 6) is -0.0635. The van der Waals surface area contributed by atoms with Crippen LogP contribution >= 0.6 is 0 Å². The Morgan fingerprint density at radius 2 is 1.41 bits per heavy atom. The van der Waals surface area contributed by atoms with Crippen LogP contribution in [0.1, 0.15) is 71.6 Å². The molecule has 0 spiro atoms. The van der Waals surface area contributed by atoms with E-state index in [9.17, 15) is 9.59 Å². The van der Waals surface area contributed by atoms with Crippen LogP contribution in [0.2, 0.25) is 0 Å². The number of benzene rings is 1. The van der Waals surface area contributed by atoms with Gasteiger partial charge in [0.05, 0.1) is 0 Å². The summed E-state index contributed by atoms with van der Waals surface area (Å²) in [5.41, 5.74) is 3.46. The van der Waals surface area contributed by atoms with Crippen LogP contribution < -0.4 is 10.6 Å². The lowest BCUT2D eigenvalue weighted by Gasteiger charge is -2.20. The number of nitrogens with one attached hydrogen (secondary N) is 2. The second-order valence-corrected chi connectivity index (χ2v) is 8.04. The molecule has 0 unspecified atom stereocenters. The highest BCUT2D eigenvalue weighted by Gasteiger charge is 2.18. The largest absolute Gasteiger partial charge is 0.349 e. The third-order valence-corrected chi connectivity index (χ3v) is 4.67. The van der Waals surface area contributed by atoms with Gasteiger partial charge < -0.3 is 15.5 Å². The number of hydrogen-bond acceptors (Lipinski definition) is 4. The van der Waals surface area contributed by atoms with Gasteiger partial charge in [-0.05, 0) is 49.2 Å². The summed E-state index contributed by atoms with van der Waals surface area (Å²) in [7, 11) is 3.88. The van der Waals surface area contributed by atoms with Gasteiger partial charge in [-0.2, -0.15) is 0 Å². The Hall–Kier alpha value is -2.73. The lowest BCUT2D eigenvalue weighted by Crippen LogP contribution is -2.32. The minimum Gasteiger partial charge on any atom is -0.349 e. The summed E-state index contributed by atoms with van der Waals surface area (Å²) in [4.78, 5) is 31.5. The van der Waals surface area contributed by atoms with Crippen molar-refractivity contribution in [3.8, 4) is 0 Å². The molecule has 2 N–H and O–H groups in total. The topological polar surface area (TPSA) is 74.3 Å². The first kappa shape index (κ1) is 22.6. The van der Waals surface area contributed by atoms with Gasteiger partial charge in [0.2, 0.25) is 0 Å². The average molecular weight is 397 g/mol. The maximum Gasteiger partial charge on any atom is 0.274 e. The van der Waals surface area contributed by atoms with Crippen molar-refractivity contribution < 1.29 is 9.59 Å². The van der Waals surface area contributed by atoms with Crippen molar-refractivity contribution in [3.05, 3.63) is 58.9 Å². The fourth-order valence-corrected chi connectivity index (χ4v) is 3.04. The lowest BCUT2D eigenvalue weighted by atomic mass is 9.92. The van der Waals surface area contributed by atoms with E-state index in [0.717, 1.165) is 23.4 Å². The molecule has 2 amide bonds. The smallest absolute Gasteiger partial charge is 0.274 e. The molecule has 0 atom stereocenters. The van der Waals surface area contributed by atoms with Gasteiger partial charge in [0.25, 0.3) is 11.8 Å². The van der Waals surface area contributed by atoms with Crippen molar-refractivity contribution in [1.82, 2.24) is 15.2 Å². The van der Waals surface area contributed by atoms with Gasteiger partial charge in [-0.3, -0.25) is 9.59 Å². The lowest BCUT2D eigenvalue weighted by molar-refractivity contribution is 0.0946. The number of pyridine rings is 1. The highest BCUT2D eigenvalue weighted by atomic mass is 16.2. The van der Waals surface area contributed by atoms with Gasteiger partial charge in [-0.15, -0.1) is 0 Å². The first-order valence-corrected chi connectivity index (χ1v) is 10.0. The van der Waals surface area contributed by atoms with Crippen LogP contribution in [0.4, 0.5) is 5.69 Å².